The fourth-order valence-electron chi connectivity index (χ4n) is 4.92. The van der Waals surface area contributed by atoms with Crippen molar-refractivity contribution in [3.05, 3.63) is 65.2 Å². The Labute approximate surface area is 191 Å². The van der Waals surface area contributed by atoms with Crippen LogP contribution in [0.4, 0.5) is 5.95 Å². The van der Waals surface area contributed by atoms with Crippen LogP contribution in [0, 0.1) is 13.8 Å². The zero-order valence-corrected chi connectivity index (χ0v) is 18.7. The van der Waals surface area contributed by atoms with Gasteiger partial charge in [-0.3, -0.25) is 4.79 Å². The van der Waals surface area contributed by atoms with Crippen LogP contribution >= 0.6 is 0 Å². The largest absolute Gasteiger partial charge is 0.353 e. The molecule has 4 aromatic rings. The predicted molar refractivity (Wildman–Crippen MR) is 126 cm³/mol. The van der Waals surface area contributed by atoms with Crippen LogP contribution in [0.5, 0.6) is 0 Å². The van der Waals surface area contributed by atoms with E-state index >= 15 is 0 Å². The Kier molecular flexibility index (Phi) is 4.60. The van der Waals surface area contributed by atoms with Crippen molar-refractivity contribution in [2.45, 2.75) is 32.7 Å². The molecule has 1 aromatic carbocycles. The molecule has 1 N–H and O–H groups in total. The number of pyridine rings is 1. The van der Waals surface area contributed by atoms with E-state index in [1.807, 2.05) is 17.0 Å². The molecule has 0 bridgehead atoms. The highest BCUT2D eigenvalue weighted by molar-refractivity contribution is 5.82. The van der Waals surface area contributed by atoms with Gasteiger partial charge in [0.05, 0.1) is 18.3 Å². The quantitative estimate of drug-likeness (QED) is 0.528. The molecule has 1 fully saturated rings. The average Bonchev–Trinajstić information content (AvgIpc) is 3.40. The number of aromatic nitrogens is 5. The van der Waals surface area contributed by atoms with E-state index in [2.05, 4.69) is 51.9 Å². The minimum absolute atomic E-state index is 0.00552. The first-order valence-corrected chi connectivity index (χ1v) is 11.4. The minimum Gasteiger partial charge on any atom is -0.353 e. The number of hydrogen-bond donors (Lipinski definition) is 1. The van der Waals surface area contributed by atoms with Gasteiger partial charge >= 0.3 is 0 Å². The standard InChI is InChI=1S/C25H25N7O/c1-15-3-4-16(2)18(11-15)21-7-8-22-29-20-6-5-19(30-24(20)32(21)22)17-12-27-25(28-13-17)31-10-9-26-23(33)14-31/h3-6,11-13,21H,7-10,14H2,1-2H3,(H,26,33). The van der Waals surface area contributed by atoms with Gasteiger partial charge in [0.25, 0.3) is 0 Å². The second kappa shape index (κ2) is 7.65. The van der Waals surface area contributed by atoms with Gasteiger partial charge in [0, 0.05) is 37.5 Å². The highest BCUT2D eigenvalue weighted by Gasteiger charge is 2.29. The number of imidazole rings is 1. The van der Waals surface area contributed by atoms with Crippen LogP contribution < -0.4 is 10.2 Å². The molecule has 166 valence electrons. The summed E-state index contributed by atoms with van der Waals surface area (Å²) in [6.07, 6.45) is 5.56. The summed E-state index contributed by atoms with van der Waals surface area (Å²) >= 11 is 0. The molecule has 0 spiro atoms. The van der Waals surface area contributed by atoms with Crippen LogP contribution in [-0.2, 0) is 11.2 Å². The van der Waals surface area contributed by atoms with Gasteiger partial charge in [0.1, 0.15) is 11.3 Å². The summed E-state index contributed by atoms with van der Waals surface area (Å²) in [4.78, 5) is 32.4. The fourth-order valence-corrected chi connectivity index (χ4v) is 4.92. The molecule has 0 aliphatic carbocycles. The number of benzene rings is 1. The van der Waals surface area contributed by atoms with Crippen molar-refractivity contribution in [3.63, 3.8) is 0 Å². The highest BCUT2D eigenvalue weighted by Crippen LogP contribution is 2.37. The third-order valence-electron chi connectivity index (χ3n) is 6.61. The number of hydrogen-bond acceptors (Lipinski definition) is 6. The highest BCUT2D eigenvalue weighted by atomic mass is 16.2. The van der Waals surface area contributed by atoms with Crippen LogP contribution in [0.15, 0.2) is 42.7 Å². The first kappa shape index (κ1) is 19.8. The van der Waals surface area contributed by atoms with Gasteiger partial charge in [-0.2, -0.15) is 0 Å². The van der Waals surface area contributed by atoms with Crippen molar-refractivity contribution in [3.8, 4) is 11.3 Å². The van der Waals surface area contributed by atoms with Crippen LogP contribution in [0.25, 0.3) is 22.4 Å². The lowest BCUT2D eigenvalue weighted by Crippen LogP contribution is -2.48. The number of carbonyl (C=O) groups is 1. The van der Waals surface area contributed by atoms with Gasteiger partial charge in [-0.05, 0) is 43.5 Å². The van der Waals surface area contributed by atoms with Crippen LogP contribution in [0.2, 0.25) is 0 Å². The molecule has 1 atom stereocenters. The van der Waals surface area contributed by atoms with Crippen LogP contribution in [0.1, 0.15) is 35.0 Å². The van der Waals surface area contributed by atoms with E-state index in [1.54, 1.807) is 12.4 Å². The lowest BCUT2D eigenvalue weighted by atomic mass is 9.97. The third kappa shape index (κ3) is 3.42. The number of piperazine rings is 1. The molecule has 1 saturated heterocycles. The molecular weight excluding hydrogens is 414 g/mol. The van der Waals surface area contributed by atoms with Crippen LogP contribution in [0.3, 0.4) is 0 Å². The van der Waals surface area contributed by atoms with Crippen molar-refractivity contribution in [1.82, 2.24) is 29.8 Å². The molecule has 0 saturated carbocycles. The van der Waals surface area contributed by atoms with Gasteiger partial charge in [0.15, 0.2) is 5.65 Å². The first-order chi connectivity index (χ1) is 16.1. The van der Waals surface area contributed by atoms with Gasteiger partial charge in [-0.1, -0.05) is 23.8 Å². The monoisotopic (exact) mass is 439 g/mol. The first-order valence-electron chi connectivity index (χ1n) is 11.4. The summed E-state index contributed by atoms with van der Waals surface area (Å²) in [5.41, 5.74) is 7.40. The number of nitrogens with zero attached hydrogens (tertiary/aromatic N) is 6. The molecule has 1 amide bonds. The van der Waals surface area contributed by atoms with Crippen molar-refractivity contribution in [2.75, 3.05) is 24.5 Å². The fraction of sp³-hybridized carbons (Fsp3) is 0.320. The van der Waals surface area contributed by atoms with Gasteiger partial charge in [-0.25, -0.2) is 19.9 Å². The lowest BCUT2D eigenvalue weighted by molar-refractivity contribution is -0.120. The maximum absolute atomic E-state index is 11.7. The molecule has 1 unspecified atom stereocenters. The molecule has 2 aliphatic rings. The van der Waals surface area contributed by atoms with E-state index in [0.717, 1.165) is 41.1 Å². The lowest BCUT2D eigenvalue weighted by Gasteiger charge is -2.26. The molecule has 0 radical (unpaired) electrons. The number of carbonyl (C=O) groups excluding carboxylic acids is 1. The zero-order valence-electron chi connectivity index (χ0n) is 18.7. The minimum atomic E-state index is -0.00552. The van der Waals surface area contributed by atoms with E-state index in [0.29, 0.717) is 19.0 Å². The molecule has 2 aliphatic heterocycles. The topological polar surface area (TPSA) is 88.8 Å². The maximum atomic E-state index is 11.7. The van der Waals surface area contributed by atoms with Crippen molar-refractivity contribution < 1.29 is 4.79 Å². The predicted octanol–water partition coefficient (Wildman–Crippen LogP) is 2.98. The molecule has 8 nitrogen and oxygen atoms in total. The summed E-state index contributed by atoms with van der Waals surface area (Å²) in [6.45, 7) is 5.91. The van der Waals surface area contributed by atoms with Crippen LogP contribution in [-0.4, -0.2) is 50.0 Å². The normalized spacial score (nSPS) is 17.9. The third-order valence-corrected chi connectivity index (χ3v) is 6.61. The Morgan fingerprint density at radius 2 is 1.91 bits per heavy atom. The Hall–Kier alpha value is -3.81. The molecule has 5 heterocycles. The van der Waals surface area contributed by atoms with E-state index in [1.165, 1.54) is 16.7 Å². The SMILES string of the molecule is Cc1ccc(C)c(C2CCc3nc4ccc(-c5cnc(N6CCNC(=O)C6)nc5)nc4n32)c1. The van der Waals surface area contributed by atoms with E-state index in [9.17, 15) is 4.79 Å². The Balaban J connectivity index is 1.36. The molecule has 6 rings (SSSR count). The van der Waals surface area contributed by atoms with Gasteiger partial charge < -0.3 is 14.8 Å². The van der Waals surface area contributed by atoms with E-state index in [4.69, 9.17) is 9.97 Å². The number of amides is 1. The Bertz CT molecular complexity index is 1380. The maximum Gasteiger partial charge on any atom is 0.239 e. The summed E-state index contributed by atoms with van der Waals surface area (Å²) in [7, 11) is 0. The zero-order chi connectivity index (χ0) is 22.5. The second-order valence-electron chi connectivity index (χ2n) is 8.90. The summed E-state index contributed by atoms with van der Waals surface area (Å²) in [5, 5.41) is 2.82. The Morgan fingerprint density at radius 3 is 2.73 bits per heavy atom. The number of rotatable bonds is 3. The molecule has 33 heavy (non-hydrogen) atoms. The van der Waals surface area contributed by atoms with Gasteiger partial charge in [0.2, 0.25) is 11.9 Å². The molecule has 3 aromatic heterocycles. The van der Waals surface area contributed by atoms with E-state index in [-0.39, 0.29) is 18.5 Å². The summed E-state index contributed by atoms with van der Waals surface area (Å²) in [5.74, 6) is 1.65. The average molecular weight is 440 g/mol. The number of nitrogens with one attached hydrogen (secondary N) is 1. The van der Waals surface area contributed by atoms with Crippen molar-refractivity contribution >= 4 is 23.0 Å². The number of fused-ring (bicyclic) bond motifs is 3. The summed E-state index contributed by atoms with van der Waals surface area (Å²) in [6, 6.07) is 10.9. The molecule has 8 heteroatoms. The van der Waals surface area contributed by atoms with Gasteiger partial charge in [-0.15, -0.1) is 0 Å². The van der Waals surface area contributed by atoms with Crippen molar-refractivity contribution in [2.24, 2.45) is 0 Å². The van der Waals surface area contributed by atoms with E-state index < -0.39 is 0 Å². The number of anilines is 1. The van der Waals surface area contributed by atoms with Crippen molar-refractivity contribution in [1.29, 1.82) is 0 Å². The molecular formula is C25H25N7O. The second-order valence-corrected chi connectivity index (χ2v) is 8.90. The number of aryl methyl sites for hydroxylation is 3. The smallest absolute Gasteiger partial charge is 0.239 e. The summed E-state index contributed by atoms with van der Waals surface area (Å²) < 4.78 is 2.31. The Morgan fingerprint density at radius 1 is 1.06 bits per heavy atom.